The first-order valence-electron chi connectivity index (χ1n) is 9.47. The zero-order chi connectivity index (χ0) is 22.2. The molecule has 0 atom stereocenters. The Morgan fingerprint density at radius 3 is 2.74 bits per heavy atom. The van der Waals surface area contributed by atoms with Crippen molar-refractivity contribution >= 4 is 23.8 Å². The summed E-state index contributed by atoms with van der Waals surface area (Å²) in [6, 6.07) is 14.1. The minimum atomic E-state index is -0.276. The summed E-state index contributed by atoms with van der Waals surface area (Å²) in [4.78, 5) is 30.3. The van der Waals surface area contributed by atoms with Gasteiger partial charge in [0.1, 0.15) is 0 Å². The summed E-state index contributed by atoms with van der Waals surface area (Å²) < 4.78 is 11.0. The molecule has 3 aromatic rings. The molecule has 0 aliphatic carbocycles. The first kappa shape index (κ1) is 21.6. The third-order valence-corrected chi connectivity index (χ3v) is 4.10. The molecule has 160 valence electrons. The van der Waals surface area contributed by atoms with Crippen LogP contribution >= 0.6 is 0 Å². The zero-order valence-corrected chi connectivity index (χ0v) is 17.4. The maximum Gasteiger partial charge on any atom is 0.262 e. The number of aromatic nitrogens is 2. The van der Waals surface area contributed by atoms with Crippen molar-refractivity contribution in [2.75, 3.05) is 24.5 Å². The Labute approximate surface area is 179 Å². The van der Waals surface area contributed by atoms with E-state index in [1.807, 2.05) is 31.2 Å². The van der Waals surface area contributed by atoms with Gasteiger partial charge < -0.3 is 14.8 Å². The average molecular weight is 421 g/mol. The fourth-order valence-electron chi connectivity index (χ4n) is 2.75. The highest BCUT2D eigenvalue weighted by molar-refractivity contribution is 5.92. The van der Waals surface area contributed by atoms with E-state index in [1.165, 1.54) is 13.2 Å². The second kappa shape index (κ2) is 10.1. The van der Waals surface area contributed by atoms with Crippen LogP contribution in [-0.2, 0) is 4.79 Å². The lowest BCUT2D eigenvalue weighted by atomic mass is 10.2. The molecule has 0 saturated carbocycles. The van der Waals surface area contributed by atoms with Crippen LogP contribution in [0.4, 0.5) is 11.6 Å². The van der Waals surface area contributed by atoms with Crippen LogP contribution in [-0.4, -0.2) is 35.8 Å². The highest BCUT2D eigenvalue weighted by Gasteiger charge is 2.09. The summed E-state index contributed by atoms with van der Waals surface area (Å²) in [5, 5.41) is 6.85. The van der Waals surface area contributed by atoms with Gasteiger partial charge in [-0.1, -0.05) is 12.1 Å². The van der Waals surface area contributed by atoms with Gasteiger partial charge in [-0.15, -0.1) is 0 Å². The smallest absolute Gasteiger partial charge is 0.262 e. The van der Waals surface area contributed by atoms with E-state index < -0.39 is 0 Å². The van der Waals surface area contributed by atoms with Crippen LogP contribution in [0, 0.1) is 13.8 Å². The standard InChI is InChI=1S/C22H23N5O4/c1-14-5-4-6-17(9-14)25-21(29)13-31-18-8-7-16(11-19(18)30-3)12-23-27-22-24-15(2)10-20(28)26-22/h4-12H,13H2,1-3H3,(H,25,29)(H2,24,26,27,28)/b23-12+. The summed E-state index contributed by atoms with van der Waals surface area (Å²) in [6.45, 7) is 3.51. The molecule has 0 radical (unpaired) electrons. The lowest BCUT2D eigenvalue weighted by molar-refractivity contribution is -0.118. The first-order chi connectivity index (χ1) is 14.9. The van der Waals surface area contributed by atoms with E-state index in [0.717, 1.165) is 11.1 Å². The first-order valence-corrected chi connectivity index (χ1v) is 9.47. The molecule has 2 aromatic carbocycles. The van der Waals surface area contributed by atoms with Crippen LogP contribution in [0.25, 0.3) is 0 Å². The maximum absolute atomic E-state index is 12.2. The predicted molar refractivity (Wildman–Crippen MR) is 119 cm³/mol. The highest BCUT2D eigenvalue weighted by atomic mass is 16.5. The average Bonchev–Trinajstić information content (AvgIpc) is 2.72. The van der Waals surface area contributed by atoms with Crippen molar-refractivity contribution in [3.8, 4) is 11.5 Å². The normalized spacial score (nSPS) is 10.7. The number of benzene rings is 2. The number of methoxy groups -OCH3 is 1. The quantitative estimate of drug-likeness (QED) is 0.380. The third-order valence-electron chi connectivity index (χ3n) is 4.10. The summed E-state index contributed by atoms with van der Waals surface area (Å²) in [7, 11) is 1.51. The second-order valence-corrected chi connectivity index (χ2v) is 6.72. The number of nitrogens with one attached hydrogen (secondary N) is 3. The van der Waals surface area contributed by atoms with Crippen molar-refractivity contribution in [3.05, 3.63) is 75.7 Å². The maximum atomic E-state index is 12.2. The van der Waals surface area contributed by atoms with Gasteiger partial charge in [-0.3, -0.25) is 14.6 Å². The molecule has 1 aromatic heterocycles. The van der Waals surface area contributed by atoms with Gasteiger partial charge in [0, 0.05) is 17.4 Å². The molecule has 0 aliphatic heterocycles. The minimum absolute atomic E-state index is 0.161. The molecule has 31 heavy (non-hydrogen) atoms. The van der Waals surface area contributed by atoms with Crippen LogP contribution in [0.1, 0.15) is 16.8 Å². The van der Waals surface area contributed by atoms with Gasteiger partial charge in [0.15, 0.2) is 18.1 Å². The molecular formula is C22H23N5O4. The van der Waals surface area contributed by atoms with Gasteiger partial charge >= 0.3 is 0 Å². The highest BCUT2D eigenvalue weighted by Crippen LogP contribution is 2.27. The Morgan fingerprint density at radius 1 is 1.16 bits per heavy atom. The molecule has 0 fully saturated rings. The second-order valence-electron chi connectivity index (χ2n) is 6.72. The number of rotatable bonds is 8. The van der Waals surface area contributed by atoms with Crippen molar-refractivity contribution in [2.45, 2.75) is 13.8 Å². The molecule has 9 nitrogen and oxygen atoms in total. The Morgan fingerprint density at radius 2 is 2.00 bits per heavy atom. The van der Waals surface area contributed by atoms with E-state index in [0.29, 0.717) is 22.9 Å². The van der Waals surface area contributed by atoms with Crippen LogP contribution in [0.3, 0.4) is 0 Å². The molecular weight excluding hydrogens is 398 g/mol. The van der Waals surface area contributed by atoms with Crippen molar-refractivity contribution in [1.29, 1.82) is 0 Å². The number of hydrazone groups is 1. The van der Waals surface area contributed by atoms with Crippen molar-refractivity contribution in [1.82, 2.24) is 9.97 Å². The van der Waals surface area contributed by atoms with Crippen LogP contribution in [0.2, 0.25) is 0 Å². The SMILES string of the molecule is COc1cc(/C=N/Nc2nc(C)cc(=O)[nH]2)ccc1OCC(=O)Nc1cccc(C)c1. The van der Waals surface area contributed by atoms with E-state index in [9.17, 15) is 9.59 Å². The van der Waals surface area contributed by atoms with E-state index in [2.05, 4.69) is 25.8 Å². The number of anilines is 2. The molecule has 0 aliphatic rings. The van der Waals surface area contributed by atoms with Gasteiger partial charge in [0.05, 0.1) is 13.3 Å². The Kier molecular flexibility index (Phi) is 7.00. The van der Waals surface area contributed by atoms with Crippen LogP contribution < -0.4 is 25.8 Å². The summed E-state index contributed by atoms with van der Waals surface area (Å²) in [5.74, 6) is 0.848. The Bertz CT molecular complexity index is 1160. The number of amides is 1. The Hall–Kier alpha value is -4.14. The molecule has 0 unspecified atom stereocenters. The third kappa shape index (κ3) is 6.43. The topological polar surface area (TPSA) is 118 Å². The molecule has 3 N–H and O–H groups in total. The number of ether oxygens (including phenoxy) is 2. The molecule has 0 saturated heterocycles. The van der Waals surface area contributed by atoms with Crippen molar-refractivity contribution in [2.24, 2.45) is 5.10 Å². The zero-order valence-electron chi connectivity index (χ0n) is 17.4. The summed E-state index contributed by atoms with van der Waals surface area (Å²) in [5.41, 5.74) is 5.47. The number of hydrogen-bond donors (Lipinski definition) is 3. The van der Waals surface area contributed by atoms with Crippen molar-refractivity contribution in [3.63, 3.8) is 0 Å². The molecule has 3 rings (SSSR count). The number of carbonyl (C=O) groups excluding carboxylic acids is 1. The van der Waals surface area contributed by atoms with Gasteiger partial charge in [-0.25, -0.2) is 10.4 Å². The van der Waals surface area contributed by atoms with Gasteiger partial charge in [0.25, 0.3) is 11.5 Å². The fourth-order valence-corrected chi connectivity index (χ4v) is 2.75. The molecule has 1 amide bonds. The van der Waals surface area contributed by atoms with E-state index in [-0.39, 0.29) is 24.0 Å². The van der Waals surface area contributed by atoms with Gasteiger partial charge in [-0.05, 0) is 55.3 Å². The Balaban J connectivity index is 1.60. The number of aryl methyl sites for hydroxylation is 2. The van der Waals surface area contributed by atoms with Gasteiger partial charge in [0.2, 0.25) is 5.95 Å². The predicted octanol–water partition coefficient (Wildman–Crippen LogP) is 2.86. The molecule has 1 heterocycles. The van der Waals surface area contributed by atoms with E-state index >= 15 is 0 Å². The number of hydrogen-bond acceptors (Lipinski definition) is 7. The van der Waals surface area contributed by atoms with Gasteiger partial charge in [-0.2, -0.15) is 5.10 Å². The minimum Gasteiger partial charge on any atom is -0.493 e. The molecule has 0 bridgehead atoms. The summed E-state index contributed by atoms with van der Waals surface area (Å²) >= 11 is 0. The molecule has 0 spiro atoms. The van der Waals surface area contributed by atoms with Crippen LogP contribution in [0.5, 0.6) is 11.5 Å². The number of nitrogens with zero attached hydrogens (tertiary/aromatic N) is 2. The number of carbonyl (C=O) groups is 1. The van der Waals surface area contributed by atoms with Crippen LogP contribution in [0.15, 0.2) is 58.4 Å². The van der Waals surface area contributed by atoms with Crippen molar-refractivity contribution < 1.29 is 14.3 Å². The van der Waals surface area contributed by atoms with E-state index in [4.69, 9.17) is 9.47 Å². The number of aromatic amines is 1. The monoisotopic (exact) mass is 421 g/mol. The lowest BCUT2D eigenvalue weighted by Crippen LogP contribution is -2.20. The van der Waals surface area contributed by atoms with E-state index in [1.54, 1.807) is 31.3 Å². The number of H-pyrrole nitrogens is 1. The molecule has 9 heteroatoms. The summed E-state index contributed by atoms with van der Waals surface area (Å²) in [6.07, 6.45) is 1.54. The largest absolute Gasteiger partial charge is 0.493 e. The lowest BCUT2D eigenvalue weighted by Gasteiger charge is -2.11. The fraction of sp³-hybridized carbons (Fsp3) is 0.182.